The predicted octanol–water partition coefficient (Wildman–Crippen LogP) is 1.75. The third-order valence-electron chi connectivity index (χ3n) is 1.93. The Balaban J connectivity index is 2.57. The molecule has 0 unspecified atom stereocenters. The molecule has 1 amide bonds. The van der Waals surface area contributed by atoms with Gasteiger partial charge >= 0.3 is 5.97 Å². The lowest BCUT2D eigenvalue weighted by Crippen LogP contribution is -2.08. The number of carbonyl (C=O) groups excluding carboxylic acids is 2. The normalized spacial score (nSPS) is 9.62. The largest absolute Gasteiger partial charge is 0.466 e. The summed E-state index contributed by atoms with van der Waals surface area (Å²) >= 11 is 0. The lowest BCUT2D eigenvalue weighted by molar-refractivity contribution is -0.142. The third kappa shape index (κ3) is 4.13. The van der Waals surface area contributed by atoms with Crippen molar-refractivity contribution >= 4 is 17.6 Å². The maximum Gasteiger partial charge on any atom is 0.310 e. The number of hydrogen-bond acceptors (Lipinski definition) is 3. The van der Waals surface area contributed by atoms with Crippen LogP contribution in [0.3, 0.4) is 0 Å². The van der Waals surface area contributed by atoms with Crippen molar-refractivity contribution in [3.63, 3.8) is 0 Å². The van der Waals surface area contributed by atoms with Crippen molar-refractivity contribution in [3.05, 3.63) is 29.8 Å². The topological polar surface area (TPSA) is 55.4 Å². The molecule has 0 bridgehead atoms. The first-order valence-corrected chi connectivity index (χ1v) is 5.14. The lowest BCUT2D eigenvalue weighted by Gasteiger charge is -2.04. The monoisotopic (exact) mass is 221 g/mol. The number of anilines is 1. The second kappa shape index (κ2) is 5.90. The van der Waals surface area contributed by atoms with Crippen molar-refractivity contribution in [2.45, 2.75) is 20.3 Å². The van der Waals surface area contributed by atoms with Gasteiger partial charge in [-0.1, -0.05) is 12.1 Å². The van der Waals surface area contributed by atoms with Crippen LogP contribution >= 0.6 is 0 Å². The highest BCUT2D eigenvalue weighted by Gasteiger charge is 2.03. The van der Waals surface area contributed by atoms with Crippen LogP contribution < -0.4 is 5.32 Å². The number of rotatable bonds is 4. The molecule has 0 heterocycles. The van der Waals surface area contributed by atoms with Gasteiger partial charge in [0, 0.05) is 12.6 Å². The van der Waals surface area contributed by atoms with Crippen LogP contribution in [0.4, 0.5) is 5.69 Å². The first kappa shape index (κ1) is 12.2. The summed E-state index contributed by atoms with van der Waals surface area (Å²) in [5, 5.41) is 2.66. The van der Waals surface area contributed by atoms with E-state index >= 15 is 0 Å². The van der Waals surface area contributed by atoms with Crippen molar-refractivity contribution in [3.8, 4) is 0 Å². The highest BCUT2D eigenvalue weighted by molar-refractivity contribution is 5.88. The summed E-state index contributed by atoms with van der Waals surface area (Å²) in [6.07, 6.45) is 0.258. The Morgan fingerprint density at radius 2 is 1.88 bits per heavy atom. The molecule has 1 aromatic carbocycles. The number of nitrogens with one attached hydrogen (secondary N) is 1. The smallest absolute Gasteiger partial charge is 0.310 e. The number of ether oxygens (including phenoxy) is 1. The zero-order valence-corrected chi connectivity index (χ0v) is 9.45. The molecule has 0 saturated heterocycles. The molecule has 1 rings (SSSR count). The number of hydrogen-bond donors (Lipinski definition) is 1. The van der Waals surface area contributed by atoms with Gasteiger partial charge in [0.25, 0.3) is 0 Å². The minimum Gasteiger partial charge on any atom is -0.466 e. The second-order valence-corrected chi connectivity index (χ2v) is 3.36. The Labute approximate surface area is 94.6 Å². The van der Waals surface area contributed by atoms with E-state index in [4.69, 9.17) is 4.74 Å². The molecule has 0 saturated carbocycles. The Kier molecular flexibility index (Phi) is 4.51. The summed E-state index contributed by atoms with van der Waals surface area (Å²) in [5.41, 5.74) is 1.59. The fourth-order valence-corrected chi connectivity index (χ4v) is 1.29. The fraction of sp³-hybridized carbons (Fsp3) is 0.333. The van der Waals surface area contributed by atoms with Crippen molar-refractivity contribution in [1.82, 2.24) is 0 Å². The predicted molar refractivity (Wildman–Crippen MR) is 61.1 cm³/mol. The molecule has 1 N–H and O–H groups in total. The van der Waals surface area contributed by atoms with Gasteiger partial charge in [0.1, 0.15) is 0 Å². The van der Waals surface area contributed by atoms with Crippen LogP contribution in [-0.2, 0) is 20.7 Å². The first-order valence-electron chi connectivity index (χ1n) is 5.14. The quantitative estimate of drug-likeness (QED) is 0.788. The van der Waals surface area contributed by atoms with Crippen LogP contribution in [0.15, 0.2) is 24.3 Å². The van der Waals surface area contributed by atoms with Crippen molar-refractivity contribution < 1.29 is 14.3 Å². The molecular formula is C12H15NO3. The minimum absolute atomic E-state index is 0.113. The van der Waals surface area contributed by atoms with Gasteiger partial charge in [0.15, 0.2) is 0 Å². The summed E-state index contributed by atoms with van der Waals surface area (Å²) in [4.78, 5) is 22.0. The molecule has 86 valence electrons. The van der Waals surface area contributed by atoms with Crippen LogP contribution in [0.5, 0.6) is 0 Å². The molecule has 0 aromatic heterocycles. The molecule has 4 heteroatoms. The molecule has 0 radical (unpaired) electrons. The zero-order valence-electron chi connectivity index (χ0n) is 9.45. The lowest BCUT2D eigenvalue weighted by atomic mass is 10.1. The van der Waals surface area contributed by atoms with Gasteiger partial charge in [-0.3, -0.25) is 9.59 Å². The van der Waals surface area contributed by atoms with E-state index < -0.39 is 0 Å². The van der Waals surface area contributed by atoms with E-state index in [9.17, 15) is 9.59 Å². The molecule has 0 atom stereocenters. The highest BCUT2D eigenvalue weighted by atomic mass is 16.5. The summed E-state index contributed by atoms with van der Waals surface area (Å²) in [5.74, 6) is -0.354. The molecule has 1 aromatic rings. The van der Waals surface area contributed by atoms with Crippen molar-refractivity contribution in [2.24, 2.45) is 0 Å². The highest BCUT2D eigenvalue weighted by Crippen LogP contribution is 2.10. The van der Waals surface area contributed by atoms with E-state index in [1.807, 2.05) is 0 Å². The van der Waals surface area contributed by atoms with E-state index in [0.717, 1.165) is 11.3 Å². The van der Waals surface area contributed by atoms with E-state index in [-0.39, 0.29) is 18.3 Å². The summed E-state index contributed by atoms with van der Waals surface area (Å²) in [7, 11) is 0. The summed E-state index contributed by atoms with van der Waals surface area (Å²) < 4.78 is 4.83. The summed E-state index contributed by atoms with van der Waals surface area (Å²) in [6, 6.07) is 7.11. The molecule has 16 heavy (non-hydrogen) atoms. The van der Waals surface area contributed by atoms with Crippen LogP contribution in [0.2, 0.25) is 0 Å². The van der Waals surface area contributed by atoms with Gasteiger partial charge in [-0.15, -0.1) is 0 Å². The van der Waals surface area contributed by atoms with Crippen LogP contribution in [0.1, 0.15) is 19.4 Å². The zero-order chi connectivity index (χ0) is 12.0. The average Bonchev–Trinajstić information content (AvgIpc) is 2.20. The Morgan fingerprint density at radius 3 is 2.38 bits per heavy atom. The van der Waals surface area contributed by atoms with Gasteiger partial charge in [-0.05, 0) is 24.6 Å². The van der Waals surface area contributed by atoms with Gasteiger partial charge < -0.3 is 10.1 Å². The van der Waals surface area contributed by atoms with Gasteiger partial charge in [-0.2, -0.15) is 0 Å². The van der Waals surface area contributed by atoms with Crippen LogP contribution in [0.25, 0.3) is 0 Å². The van der Waals surface area contributed by atoms with Crippen molar-refractivity contribution in [2.75, 3.05) is 11.9 Å². The van der Waals surface area contributed by atoms with Gasteiger partial charge in [-0.25, -0.2) is 0 Å². The molecule has 4 nitrogen and oxygen atoms in total. The Hall–Kier alpha value is -1.84. The van der Waals surface area contributed by atoms with Crippen LogP contribution in [-0.4, -0.2) is 18.5 Å². The average molecular weight is 221 g/mol. The fourth-order valence-electron chi connectivity index (χ4n) is 1.29. The van der Waals surface area contributed by atoms with Gasteiger partial charge in [0.2, 0.25) is 5.91 Å². The maximum absolute atomic E-state index is 11.2. The van der Waals surface area contributed by atoms with Gasteiger partial charge in [0.05, 0.1) is 13.0 Å². The number of amides is 1. The van der Waals surface area contributed by atoms with E-state index in [1.54, 1.807) is 31.2 Å². The second-order valence-electron chi connectivity index (χ2n) is 3.36. The molecule has 0 aliphatic heterocycles. The van der Waals surface area contributed by atoms with Crippen LogP contribution in [0, 0.1) is 0 Å². The molecular weight excluding hydrogens is 206 g/mol. The first-order chi connectivity index (χ1) is 7.61. The van der Waals surface area contributed by atoms with Crippen molar-refractivity contribution in [1.29, 1.82) is 0 Å². The molecule has 0 aliphatic carbocycles. The Bertz CT molecular complexity index is 370. The molecule has 0 aliphatic rings. The SMILES string of the molecule is CCOC(=O)Cc1ccc(NC(C)=O)cc1. The summed E-state index contributed by atoms with van der Waals surface area (Å²) in [6.45, 7) is 3.62. The number of benzene rings is 1. The van der Waals surface area contributed by atoms with E-state index in [1.165, 1.54) is 6.92 Å². The molecule has 0 spiro atoms. The van der Waals surface area contributed by atoms with E-state index in [0.29, 0.717) is 6.61 Å². The minimum atomic E-state index is -0.241. The number of carbonyl (C=O) groups is 2. The maximum atomic E-state index is 11.2. The Morgan fingerprint density at radius 1 is 1.25 bits per heavy atom. The van der Waals surface area contributed by atoms with E-state index in [2.05, 4.69) is 5.32 Å². The third-order valence-corrected chi connectivity index (χ3v) is 1.93. The molecule has 0 fully saturated rings. The standard InChI is InChI=1S/C12H15NO3/c1-3-16-12(15)8-10-4-6-11(7-5-10)13-9(2)14/h4-7H,3,8H2,1-2H3,(H,13,14). The number of esters is 1.